The second-order valence-corrected chi connectivity index (χ2v) is 3.98. The predicted molar refractivity (Wildman–Crippen MR) is 64.7 cm³/mol. The molecular weight excluding hydrogens is 219 g/mol. The maximum absolute atomic E-state index is 12.7. The van der Waals surface area contributed by atoms with Crippen molar-refractivity contribution in [1.29, 1.82) is 0 Å². The lowest BCUT2D eigenvalue weighted by Crippen LogP contribution is -2.45. The number of hydrogen-bond acceptors (Lipinski definition) is 2. The molecule has 0 atom stereocenters. The summed E-state index contributed by atoms with van der Waals surface area (Å²) in [6.07, 6.45) is 3.33. The molecule has 3 nitrogen and oxygen atoms in total. The summed E-state index contributed by atoms with van der Waals surface area (Å²) in [7, 11) is 0. The zero-order chi connectivity index (χ0) is 12.1. The Labute approximate surface area is 100 Å². The average Bonchev–Trinajstić information content (AvgIpc) is 2.38. The van der Waals surface area contributed by atoms with Gasteiger partial charge in [0.05, 0.1) is 0 Å². The molecule has 1 aliphatic heterocycles. The lowest BCUT2D eigenvalue weighted by molar-refractivity contribution is -0.130. The minimum atomic E-state index is -0.0537. The molecule has 1 amide bonds. The third-order valence-corrected chi connectivity index (χ3v) is 2.75. The molecule has 0 unspecified atom stereocenters. The smallest absolute Gasteiger partial charge is 0.246 e. The Balaban J connectivity index is 1.91. The van der Waals surface area contributed by atoms with E-state index in [2.05, 4.69) is 0 Å². The van der Waals surface area contributed by atoms with E-state index < -0.39 is 0 Å². The highest BCUT2D eigenvalue weighted by Gasteiger charge is 2.18. The number of carbonyl (C=O) groups excluding carboxylic acids is 1. The number of benzene rings is 1. The quantitative estimate of drug-likeness (QED) is 0.574. The van der Waals surface area contributed by atoms with Crippen LogP contribution in [-0.2, 0) is 4.79 Å². The van der Waals surface area contributed by atoms with E-state index in [1.807, 2.05) is 30.3 Å². The summed E-state index contributed by atoms with van der Waals surface area (Å²) in [5.74, 6) is -0.0537. The molecule has 0 radical (unpaired) electrons. The SMILES string of the molecule is O=C(/C=C/c1ccccc1)N1CCN(F)CC1. The molecular formula is C13H15FN2O. The van der Waals surface area contributed by atoms with E-state index in [0.29, 0.717) is 26.2 Å². The average molecular weight is 234 g/mol. The number of carbonyl (C=O) groups is 1. The third-order valence-electron chi connectivity index (χ3n) is 2.75. The molecule has 0 bridgehead atoms. The monoisotopic (exact) mass is 234 g/mol. The Morgan fingerprint density at radius 2 is 1.76 bits per heavy atom. The highest BCUT2D eigenvalue weighted by atomic mass is 19.2. The number of amides is 1. The zero-order valence-electron chi connectivity index (χ0n) is 9.55. The van der Waals surface area contributed by atoms with Crippen molar-refractivity contribution in [3.63, 3.8) is 0 Å². The van der Waals surface area contributed by atoms with Crippen LogP contribution in [0.2, 0.25) is 0 Å². The number of hydrogen-bond donors (Lipinski definition) is 0. The molecule has 1 heterocycles. The van der Waals surface area contributed by atoms with Crippen LogP contribution >= 0.6 is 0 Å². The first-order valence-electron chi connectivity index (χ1n) is 5.68. The summed E-state index contributed by atoms with van der Waals surface area (Å²) in [5.41, 5.74) is 0.991. The van der Waals surface area contributed by atoms with Crippen LogP contribution in [-0.4, -0.2) is 42.1 Å². The van der Waals surface area contributed by atoms with Gasteiger partial charge in [-0.1, -0.05) is 30.3 Å². The Hall–Kier alpha value is -1.68. The Morgan fingerprint density at radius 1 is 1.12 bits per heavy atom. The number of nitrogens with zero attached hydrogens (tertiary/aromatic N) is 2. The molecule has 0 aromatic heterocycles. The van der Waals surface area contributed by atoms with E-state index in [0.717, 1.165) is 10.7 Å². The first-order chi connectivity index (χ1) is 8.25. The highest BCUT2D eigenvalue weighted by molar-refractivity contribution is 5.91. The first kappa shape index (κ1) is 11.8. The maximum Gasteiger partial charge on any atom is 0.246 e. The van der Waals surface area contributed by atoms with Crippen LogP contribution in [0, 0.1) is 0 Å². The van der Waals surface area contributed by atoms with Crippen LogP contribution in [0.3, 0.4) is 0 Å². The minimum Gasteiger partial charge on any atom is -0.336 e. The van der Waals surface area contributed by atoms with Gasteiger partial charge in [-0.2, -0.15) is 0 Å². The summed E-state index contributed by atoms with van der Waals surface area (Å²) in [6.45, 7) is 1.50. The van der Waals surface area contributed by atoms with Crippen LogP contribution in [0.5, 0.6) is 0 Å². The fourth-order valence-electron chi connectivity index (χ4n) is 1.74. The van der Waals surface area contributed by atoms with E-state index >= 15 is 0 Å². The molecule has 0 N–H and O–H groups in total. The fourth-order valence-corrected chi connectivity index (χ4v) is 1.74. The van der Waals surface area contributed by atoms with E-state index in [9.17, 15) is 9.28 Å². The molecule has 2 rings (SSSR count). The molecule has 1 saturated heterocycles. The summed E-state index contributed by atoms with van der Waals surface area (Å²) in [6, 6.07) is 9.64. The van der Waals surface area contributed by atoms with Gasteiger partial charge in [-0.25, -0.2) is 0 Å². The summed E-state index contributed by atoms with van der Waals surface area (Å²) in [5, 5.41) is 0.741. The van der Waals surface area contributed by atoms with Gasteiger partial charge in [0, 0.05) is 32.3 Å². The summed E-state index contributed by atoms with van der Waals surface area (Å²) < 4.78 is 12.7. The van der Waals surface area contributed by atoms with Crippen LogP contribution in [0.25, 0.3) is 6.08 Å². The van der Waals surface area contributed by atoms with E-state index in [1.54, 1.807) is 17.1 Å². The molecule has 1 aromatic rings. The van der Waals surface area contributed by atoms with Crippen molar-refractivity contribution in [2.75, 3.05) is 26.2 Å². The number of halogens is 1. The standard InChI is InChI=1S/C13H15FN2O/c14-16-10-8-15(9-11-16)13(17)7-6-12-4-2-1-3-5-12/h1-7H,8-11H2/b7-6+. The highest BCUT2D eigenvalue weighted by Crippen LogP contribution is 2.05. The molecule has 90 valence electrons. The van der Waals surface area contributed by atoms with Crippen molar-refractivity contribution >= 4 is 12.0 Å². The number of rotatable bonds is 2. The van der Waals surface area contributed by atoms with E-state index in [-0.39, 0.29) is 5.91 Å². The van der Waals surface area contributed by atoms with Gasteiger partial charge < -0.3 is 4.90 Å². The van der Waals surface area contributed by atoms with Gasteiger partial charge in [-0.3, -0.25) is 4.79 Å². The molecule has 0 saturated carbocycles. The largest absolute Gasteiger partial charge is 0.336 e. The molecule has 0 aliphatic carbocycles. The predicted octanol–water partition coefficient (Wildman–Crippen LogP) is 1.73. The van der Waals surface area contributed by atoms with Crippen molar-refractivity contribution in [2.24, 2.45) is 0 Å². The van der Waals surface area contributed by atoms with E-state index in [1.165, 1.54) is 0 Å². The normalized spacial score (nSPS) is 17.6. The van der Waals surface area contributed by atoms with Crippen molar-refractivity contribution < 1.29 is 9.28 Å². The van der Waals surface area contributed by atoms with Gasteiger partial charge >= 0.3 is 0 Å². The number of piperazine rings is 1. The Kier molecular flexibility index (Phi) is 3.88. The van der Waals surface area contributed by atoms with Gasteiger partial charge in [-0.05, 0) is 11.6 Å². The maximum atomic E-state index is 12.7. The topological polar surface area (TPSA) is 23.6 Å². The van der Waals surface area contributed by atoms with Crippen LogP contribution in [0.15, 0.2) is 36.4 Å². The first-order valence-corrected chi connectivity index (χ1v) is 5.68. The van der Waals surface area contributed by atoms with Crippen molar-refractivity contribution in [3.05, 3.63) is 42.0 Å². The van der Waals surface area contributed by atoms with Crippen molar-refractivity contribution in [3.8, 4) is 0 Å². The summed E-state index contributed by atoms with van der Waals surface area (Å²) >= 11 is 0. The molecule has 0 spiro atoms. The van der Waals surface area contributed by atoms with Gasteiger partial charge in [0.2, 0.25) is 5.91 Å². The second-order valence-electron chi connectivity index (χ2n) is 3.98. The van der Waals surface area contributed by atoms with Crippen LogP contribution in [0.1, 0.15) is 5.56 Å². The van der Waals surface area contributed by atoms with Gasteiger partial charge in [-0.15, -0.1) is 9.60 Å². The lowest BCUT2D eigenvalue weighted by atomic mass is 10.2. The molecule has 1 aliphatic rings. The van der Waals surface area contributed by atoms with Gasteiger partial charge in [0.1, 0.15) is 0 Å². The van der Waals surface area contributed by atoms with Crippen LogP contribution < -0.4 is 0 Å². The third kappa shape index (κ3) is 3.39. The lowest BCUT2D eigenvalue weighted by Gasteiger charge is -2.28. The molecule has 1 fully saturated rings. The van der Waals surface area contributed by atoms with Crippen molar-refractivity contribution in [1.82, 2.24) is 10.0 Å². The zero-order valence-corrected chi connectivity index (χ0v) is 9.55. The van der Waals surface area contributed by atoms with E-state index in [4.69, 9.17) is 0 Å². The minimum absolute atomic E-state index is 0.0537. The second kappa shape index (κ2) is 5.59. The fraction of sp³-hybridized carbons (Fsp3) is 0.308. The van der Waals surface area contributed by atoms with Crippen molar-refractivity contribution in [2.45, 2.75) is 0 Å². The summed E-state index contributed by atoms with van der Waals surface area (Å²) in [4.78, 5) is 13.4. The Bertz CT molecular complexity index is 397. The molecule has 4 heteroatoms. The molecule has 17 heavy (non-hydrogen) atoms. The molecule has 1 aromatic carbocycles. The van der Waals surface area contributed by atoms with Gasteiger partial charge in [0.25, 0.3) is 0 Å². The van der Waals surface area contributed by atoms with Crippen LogP contribution in [0.4, 0.5) is 4.48 Å². The van der Waals surface area contributed by atoms with Gasteiger partial charge in [0.15, 0.2) is 0 Å². The Morgan fingerprint density at radius 3 is 2.41 bits per heavy atom.